The normalized spacial score (nSPS) is 16.7. The molecule has 0 heterocycles. The Morgan fingerprint density at radius 3 is 2.21 bits per heavy atom. The summed E-state index contributed by atoms with van der Waals surface area (Å²) in [5.74, 6) is 0.821. The van der Waals surface area contributed by atoms with Gasteiger partial charge in [-0.25, -0.2) is 17.7 Å². The van der Waals surface area contributed by atoms with Gasteiger partial charge in [0.1, 0.15) is 0 Å². The number of guanidine groups is 1. The minimum atomic E-state index is -3.39. The summed E-state index contributed by atoms with van der Waals surface area (Å²) in [6, 6.07) is 6.94. The molecule has 28 heavy (non-hydrogen) atoms. The van der Waals surface area contributed by atoms with Crippen molar-refractivity contribution in [2.75, 3.05) is 27.2 Å². The summed E-state index contributed by atoms with van der Waals surface area (Å²) in [6.45, 7) is 6.61. The van der Waals surface area contributed by atoms with E-state index in [1.54, 1.807) is 12.1 Å². The fourth-order valence-corrected chi connectivity index (χ4v) is 4.44. The average molecular weight is 522 g/mol. The lowest BCUT2D eigenvalue weighted by Crippen LogP contribution is -2.42. The van der Waals surface area contributed by atoms with Gasteiger partial charge in [0.25, 0.3) is 0 Å². The van der Waals surface area contributed by atoms with E-state index in [0.717, 1.165) is 24.6 Å². The van der Waals surface area contributed by atoms with Gasteiger partial charge in [0.05, 0.1) is 11.4 Å². The molecule has 1 aromatic carbocycles. The second-order valence-corrected chi connectivity index (χ2v) is 9.69. The van der Waals surface area contributed by atoms with E-state index in [4.69, 9.17) is 0 Å². The lowest BCUT2D eigenvalue weighted by Gasteiger charge is -2.28. The highest BCUT2D eigenvalue weighted by atomic mass is 127. The van der Waals surface area contributed by atoms with Gasteiger partial charge in [-0.2, -0.15) is 0 Å². The molecule has 0 atom stereocenters. The Kier molecular flexibility index (Phi) is 10.2. The lowest BCUT2D eigenvalue weighted by molar-refractivity contribution is 0.283. The number of halogens is 1. The summed E-state index contributed by atoms with van der Waals surface area (Å²) >= 11 is 0. The maximum absolute atomic E-state index is 12.1. The number of sulfonamides is 1. The predicted octanol–water partition coefficient (Wildman–Crippen LogP) is 3.58. The Labute approximate surface area is 187 Å². The smallest absolute Gasteiger partial charge is 0.242 e. The van der Waals surface area contributed by atoms with E-state index in [1.807, 2.05) is 12.1 Å². The van der Waals surface area contributed by atoms with Gasteiger partial charge in [0, 0.05) is 27.2 Å². The van der Waals surface area contributed by atoms with Gasteiger partial charge in [-0.1, -0.05) is 31.9 Å². The number of nitrogens with one attached hydrogen (secondary N) is 2. The summed E-state index contributed by atoms with van der Waals surface area (Å²) in [6.07, 6.45) is 6.42. The molecule has 0 aromatic heterocycles. The molecule has 1 aliphatic carbocycles. The molecule has 0 saturated heterocycles. The zero-order valence-corrected chi connectivity index (χ0v) is 20.6. The molecule has 0 radical (unpaired) electrons. The Morgan fingerprint density at radius 1 is 1.11 bits per heavy atom. The molecule has 0 unspecified atom stereocenters. The topological polar surface area (TPSA) is 73.8 Å². The van der Waals surface area contributed by atoms with E-state index >= 15 is 0 Å². The largest absolute Gasteiger partial charge is 0.357 e. The Hall–Kier alpha value is -0.870. The highest BCUT2D eigenvalue weighted by Crippen LogP contribution is 2.40. The highest BCUT2D eigenvalue weighted by Gasteiger charge is 2.31. The summed E-state index contributed by atoms with van der Waals surface area (Å²) in [7, 11) is -0.315. The molecule has 0 aliphatic heterocycles. The van der Waals surface area contributed by atoms with Crippen LogP contribution in [0.3, 0.4) is 0 Å². The molecule has 160 valence electrons. The summed E-state index contributed by atoms with van der Waals surface area (Å²) in [5.41, 5.74) is 1.38. The molecule has 0 amide bonds. The number of rotatable bonds is 8. The van der Waals surface area contributed by atoms with Crippen LogP contribution in [0.25, 0.3) is 0 Å². The third-order valence-corrected chi connectivity index (χ3v) is 7.34. The standard InChI is InChI=1S/C20H34N4O2S.HI/c1-5-20(13-7-8-14-20)16-23-19(21-6-2)22-15-17-9-11-18(12-10-17)27(25,26)24(3)4;/h9-12H,5-8,13-16H2,1-4H3,(H2,21,22,23);1H. The van der Waals surface area contributed by atoms with Crippen LogP contribution in [-0.4, -0.2) is 45.9 Å². The molecule has 1 saturated carbocycles. The second kappa shape index (κ2) is 11.3. The molecular weight excluding hydrogens is 487 g/mol. The first kappa shape index (κ1) is 25.2. The van der Waals surface area contributed by atoms with Gasteiger partial charge >= 0.3 is 0 Å². The van der Waals surface area contributed by atoms with Crippen LogP contribution in [0.4, 0.5) is 0 Å². The van der Waals surface area contributed by atoms with Crippen LogP contribution in [0.15, 0.2) is 34.2 Å². The van der Waals surface area contributed by atoms with Crippen LogP contribution in [0.1, 0.15) is 51.5 Å². The molecule has 8 heteroatoms. The van der Waals surface area contributed by atoms with Crippen LogP contribution in [0.5, 0.6) is 0 Å². The summed E-state index contributed by atoms with van der Waals surface area (Å²) < 4.78 is 25.5. The maximum atomic E-state index is 12.1. The number of hydrogen-bond acceptors (Lipinski definition) is 3. The fraction of sp³-hybridized carbons (Fsp3) is 0.650. The van der Waals surface area contributed by atoms with Gasteiger partial charge in [0.15, 0.2) is 5.96 Å². The average Bonchev–Trinajstić information content (AvgIpc) is 3.13. The SMILES string of the molecule is CCNC(=NCc1ccc(S(=O)(=O)N(C)C)cc1)NCC1(CC)CCCC1.I. The fourth-order valence-electron chi connectivity index (χ4n) is 3.54. The number of aliphatic imine (C=N–C) groups is 1. The predicted molar refractivity (Wildman–Crippen MR) is 127 cm³/mol. The van der Waals surface area contributed by atoms with Gasteiger partial charge in [-0.3, -0.25) is 0 Å². The molecule has 1 fully saturated rings. The van der Waals surface area contributed by atoms with Crippen LogP contribution < -0.4 is 10.6 Å². The van der Waals surface area contributed by atoms with Crippen molar-refractivity contribution in [2.45, 2.75) is 57.4 Å². The molecule has 6 nitrogen and oxygen atoms in total. The lowest BCUT2D eigenvalue weighted by atomic mass is 9.83. The molecule has 1 aromatic rings. The first-order valence-electron chi connectivity index (χ1n) is 9.86. The van der Waals surface area contributed by atoms with Crippen molar-refractivity contribution in [2.24, 2.45) is 10.4 Å². The summed E-state index contributed by atoms with van der Waals surface area (Å²) in [5, 5.41) is 6.82. The van der Waals surface area contributed by atoms with Gasteiger partial charge in [-0.05, 0) is 49.3 Å². The molecular formula is C20H35IN4O2S. The van der Waals surface area contributed by atoms with E-state index in [0.29, 0.717) is 16.9 Å². The Bertz CT molecular complexity index is 727. The number of benzene rings is 1. The molecule has 2 rings (SSSR count). The van der Waals surface area contributed by atoms with Crippen molar-refractivity contribution in [3.05, 3.63) is 29.8 Å². The van der Waals surface area contributed by atoms with Gasteiger partial charge in [0.2, 0.25) is 10.0 Å². The van der Waals surface area contributed by atoms with Crippen molar-refractivity contribution in [1.29, 1.82) is 0 Å². The Balaban J connectivity index is 0.00000392. The first-order chi connectivity index (χ1) is 12.8. The number of hydrogen-bond donors (Lipinski definition) is 2. The minimum Gasteiger partial charge on any atom is -0.357 e. The van der Waals surface area contributed by atoms with Crippen LogP contribution in [-0.2, 0) is 16.6 Å². The molecule has 0 bridgehead atoms. The van der Waals surface area contributed by atoms with Crippen molar-refractivity contribution in [3.63, 3.8) is 0 Å². The zero-order valence-electron chi connectivity index (χ0n) is 17.5. The van der Waals surface area contributed by atoms with Crippen LogP contribution in [0, 0.1) is 5.41 Å². The quantitative estimate of drug-likeness (QED) is 0.311. The van der Waals surface area contributed by atoms with Crippen LogP contribution in [0.2, 0.25) is 0 Å². The van der Waals surface area contributed by atoms with Crippen molar-refractivity contribution >= 4 is 40.0 Å². The first-order valence-corrected chi connectivity index (χ1v) is 11.3. The Morgan fingerprint density at radius 2 is 1.71 bits per heavy atom. The van der Waals surface area contributed by atoms with Gasteiger partial charge < -0.3 is 10.6 Å². The van der Waals surface area contributed by atoms with E-state index < -0.39 is 10.0 Å². The second-order valence-electron chi connectivity index (χ2n) is 7.54. The molecule has 2 N–H and O–H groups in total. The zero-order chi connectivity index (χ0) is 19.9. The van der Waals surface area contributed by atoms with E-state index in [2.05, 4.69) is 29.5 Å². The van der Waals surface area contributed by atoms with E-state index in [1.165, 1.54) is 50.5 Å². The van der Waals surface area contributed by atoms with E-state index in [-0.39, 0.29) is 24.0 Å². The summed E-state index contributed by atoms with van der Waals surface area (Å²) in [4.78, 5) is 4.97. The maximum Gasteiger partial charge on any atom is 0.242 e. The van der Waals surface area contributed by atoms with Crippen molar-refractivity contribution in [3.8, 4) is 0 Å². The van der Waals surface area contributed by atoms with Crippen molar-refractivity contribution in [1.82, 2.24) is 14.9 Å². The number of nitrogens with zero attached hydrogens (tertiary/aromatic N) is 2. The third kappa shape index (κ3) is 6.59. The monoisotopic (exact) mass is 522 g/mol. The highest BCUT2D eigenvalue weighted by molar-refractivity contribution is 14.0. The third-order valence-electron chi connectivity index (χ3n) is 5.51. The van der Waals surface area contributed by atoms with Crippen LogP contribution >= 0.6 is 24.0 Å². The van der Waals surface area contributed by atoms with Crippen molar-refractivity contribution < 1.29 is 8.42 Å². The van der Waals surface area contributed by atoms with E-state index in [9.17, 15) is 8.42 Å². The molecule has 0 spiro atoms. The minimum absolute atomic E-state index is 0. The van der Waals surface area contributed by atoms with Gasteiger partial charge in [-0.15, -0.1) is 24.0 Å². The molecule has 1 aliphatic rings.